The minimum atomic E-state index is -1.24. The molecular formula is C10H14BrN3O4. The smallest absolute Gasteiger partial charge is 0.360 e. The molecule has 0 aliphatic carbocycles. The van der Waals surface area contributed by atoms with Gasteiger partial charge in [0.05, 0.1) is 25.1 Å². The Morgan fingerprint density at radius 1 is 1.61 bits per heavy atom. The first-order valence-corrected chi connectivity index (χ1v) is 6.26. The monoisotopic (exact) mass is 319 g/mol. The molecule has 0 aliphatic rings. The molecule has 0 bridgehead atoms. The predicted octanol–water partition coefficient (Wildman–Crippen LogP) is 0.0247. The van der Waals surface area contributed by atoms with E-state index in [1.54, 1.807) is 0 Å². The summed E-state index contributed by atoms with van der Waals surface area (Å²) in [7, 11) is 1.19. The van der Waals surface area contributed by atoms with Crippen LogP contribution in [0.2, 0.25) is 0 Å². The van der Waals surface area contributed by atoms with E-state index in [0.717, 1.165) is 0 Å². The lowest BCUT2D eigenvalue weighted by Crippen LogP contribution is -2.21. The molecule has 1 aromatic heterocycles. The Kier molecular flexibility index (Phi) is 5.45. The van der Waals surface area contributed by atoms with E-state index in [-0.39, 0.29) is 17.2 Å². The van der Waals surface area contributed by atoms with Gasteiger partial charge < -0.3 is 20.7 Å². The third-order valence-corrected chi connectivity index (χ3v) is 2.73. The minimum Gasteiger partial charge on any atom is -0.464 e. The van der Waals surface area contributed by atoms with Gasteiger partial charge in [0, 0.05) is 5.33 Å². The van der Waals surface area contributed by atoms with Crippen LogP contribution in [-0.4, -0.2) is 44.7 Å². The first kappa shape index (κ1) is 14.8. The topological polar surface area (TPSA) is 119 Å². The summed E-state index contributed by atoms with van der Waals surface area (Å²) in [6.07, 6.45) is -0.697. The number of ether oxygens (including phenoxy) is 1. The van der Waals surface area contributed by atoms with Crippen LogP contribution in [0.5, 0.6) is 0 Å². The lowest BCUT2D eigenvalue weighted by molar-refractivity contribution is 0.0143. The van der Waals surface area contributed by atoms with Crippen molar-refractivity contribution in [2.24, 2.45) is 0 Å². The van der Waals surface area contributed by atoms with E-state index in [0.29, 0.717) is 11.8 Å². The molecule has 0 saturated carbocycles. The summed E-state index contributed by atoms with van der Waals surface area (Å²) in [5.74, 6) is -0.836. The number of alkyl halides is 1. The van der Waals surface area contributed by atoms with Crippen LogP contribution in [0.3, 0.4) is 0 Å². The minimum absolute atomic E-state index is 0.0676. The van der Waals surface area contributed by atoms with Gasteiger partial charge in [-0.1, -0.05) is 15.9 Å². The van der Waals surface area contributed by atoms with Gasteiger partial charge in [-0.25, -0.2) is 14.8 Å². The van der Waals surface area contributed by atoms with Crippen molar-refractivity contribution in [2.75, 3.05) is 18.2 Å². The van der Waals surface area contributed by atoms with Crippen LogP contribution in [0, 0.1) is 0 Å². The van der Waals surface area contributed by atoms with Gasteiger partial charge in [0.25, 0.3) is 0 Å². The molecule has 2 unspecified atom stereocenters. The number of aromatic nitrogens is 2. The standard InChI is InChI=1S/C10H14BrN3O4/c1-18-10(17)7-9(12)13-4-5(14-7)8(16)6(15)2-3-11/h4,6,8,15-16H,2-3H2,1H3,(H2,12,13). The molecule has 7 nitrogen and oxygen atoms in total. The van der Waals surface area contributed by atoms with Crippen molar-refractivity contribution in [1.82, 2.24) is 9.97 Å². The molecule has 0 radical (unpaired) electrons. The molecule has 0 amide bonds. The van der Waals surface area contributed by atoms with Gasteiger partial charge >= 0.3 is 5.97 Å². The highest BCUT2D eigenvalue weighted by Crippen LogP contribution is 2.19. The first-order valence-electron chi connectivity index (χ1n) is 5.14. The number of aliphatic hydroxyl groups excluding tert-OH is 2. The summed E-state index contributed by atoms with van der Waals surface area (Å²) >= 11 is 3.15. The normalized spacial score (nSPS) is 14.0. The maximum atomic E-state index is 11.3. The van der Waals surface area contributed by atoms with Gasteiger partial charge in [-0.15, -0.1) is 0 Å². The number of esters is 1. The van der Waals surface area contributed by atoms with Crippen LogP contribution in [0.25, 0.3) is 0 Å². The van der Waals surface area contributed by atoms with Gasteiger partial charge in [0.15, 0.2) is 11.5 Å². The largest absolute Gasteiger partial charge is 0.464 e. The molecule has 2 atom stereocenters. The Morgan fingerprint density at radius 2 is 2.28 bits per heavy atom. The van der Waals surface area contributed by atoms with Gasteiger partial charge in [-0.2, -0.15) is 0 Å². The average Bonchev–Trinajstić information content (AvgIpc) is 2.38. The van der Waals surface area contributed by atoms with Gasteiger partial charge in [0.2, 0.25) is 0 Å². The molecule has 4 N–H and O–H groups in total. The number of nitrogens with two attached hydrogens (primary N) is 1. The average molecular weight is 320 g/mol. The van der Waals surface area contributed by atoms with E-state index in [9.17, 15) is 15.0 Å². The van der Waals surface area contributed by atoms with E-state index < -0.39 is 18.2 Å². The molecule has 0 aliphatic heterocycles. The number of aliphatic hydroxyl groups is 2. The number of halogens is 1. The van der Waals surface area contributed by atoms with Crippen molar-refractivity contribution in [1.29, 1.82) is 0 Å². The maximum absolute atomic E-state index is 11.3. The molecule has 1 heterocycles. The zero-order valence-corrected chi connectivity index (χ0v) is 11.3. The third-order valence-electron chi connectivity index (χ3n) is 2.27. The van der Waals surface area contributed by atoms with Crippen LogP contribution < -0.4 is 5.73 Å². The maximum Gasteiger partial charge on any atom is 0.360 e. The molecule has 1 rings (SSSR count). The predicted molar refractivity (Wildman–Crippen MR) is 67.2 cm³/mol. The van der Waals surface area contributed by atoms with E-state index in [4.69, 9.17) is 5.73 Å². The highest BCUT2D eigenvalue weighted by atomic mass is 79.9. The number of methoxy groups -OCH3 is 1. The summed E-state index contributed by atoms with van der Waals surface area (Å²) in [6.45, 7) is 0. The lowest BCUT2D eigenvalue weighted by Gasteiger charge is -2.16. The number of carbonyl (C=O) groups is 1. The second-order valence-corrected chi connectivity index (χ2v) is 4.30. The summed E-state index contributed by atoms with van der Waals surface area (Å²) in [4.78, 5) is 19.0. The van der Waals surface area contributed by atoms with Crippen molar-refractivity contribution in [3.05, 3.63) is 17.6 Å². The van der Waals surface area contributed by atoms with Crippen molar-refractivity contribution in [2.45, 2.75) is 18.6 Å². The highest BCUT2D eigenvalue weighted by Gasteiger charge is 2.22. The fourth-order valence-corrected chi connectivity index (χ4v) is 1.74. The van der Waals surface area contributed by atoms with Gasteiger partial charge in [-0.05, 0) is 6.42 Å². The summed E-state index contributed by atoms with van der Waals surface area (Å²) in [6, 6.07) is 0. The van der Waals surface area contributed by atoms with E-state index in [1.165, 1.54) is 13.3 Å². The second-order valence-electron chi connectivity index (χ2n) is 3.51. The van der Waals surface area contributed by atoms with Gasteiger partial charge in [-0.3, -0.25) is 0 Å². The number of rotatable bonds is 5. The summed E-state index contributed by atoms with van der Waals surface area (Å²) < 4.78 is 4.49. The van der Waals surface area contributed by atoms with Crippen LogP contribution in [-0.2, 0) is 4.74 Å². The quantitative estimate of drug-likeness (QED) is 0.517. The van der Waals surface area contributed by atoms with Crippen LogP contribution in [0.4, 0.5) is 5.82 Å². The summed E-state index contributed by atoms with van der Waals surface area (Å²) in [5.41, 5.74) is 5.36. The van der Waals surface area contributed by atoms with Crippen LogP contribution in [0.1, 0.15) is 28.7 Å². The molecule has 0 fully saturated rings. The van der Waals surface area contributed by atoms with Crippen molar-refractivity contribution < 1.29 is 19.7 Å². The fourth-order valence-electron chi connectivity index (χ4n) is 1.27. The number of nitrogens with zero attached hydrogens (tertiary/aromatic N) is 2. The third kappa shape index (κ3) is 3.37. The van der Waals surface area contributed by atoms with Gasteiger partial charge in [0.1, 0.15) is 6.10 Å². The molecule has 100 valence electrons. The van der Waals surface area contributed by atoms with Crippen molar-refractivity contribution in [3.63, 3.8) is 0 Å². The number of nitrogen functional groups attached to an aromatic ring is 1. The first-order chi connectivity index (χ1) is 8.51. The highest BCUT2D eigenvalue weighted by molar-refractivity contribution is 9.09. The molecule has 8 heteroatoms. The van der Waals surface area contributed by atoms with Crippen molar-refractivity contribution in [3.8, 4) is 0 Å². The Hall–Kier alpha value is -1.25. The Labute approximate surface area is 112 Å². The Morgan fingerprint density at radius 3 is 2.83 bits per heavy atom. The zero-order chi connectivity index (χ0) is 13.7. The van der Waals surface area contributed by atoms with E-state index in [2.05, 4.69) is 30.6 Å². The Bertz CT molecular complexity index is 430. The molecule has 0 spiro atoms. The van der Waals surface area contributed by atoms with E-state index >= 15 is 0 Å². The lowest BCUT2D eigenvalue weighted by atomic mass is 10.1. The van der Waals surface area contributed by atoms with E-state index in [1.807, 2.05) is 0 Å². The molecule has 0 saturated heterocycles. The van der Waals surface area contributed by atoms with Crippen LogP contribution in [0.15, 0.2) is 6.20 Å². The zero-order valence-electron chi connectivity index (χ0n) is 9.71. The molecule has 0 aromatic carbocycles. The van der Waals surface area contributed by atoms with Crippen molar-refractivity contribution >= 4 is 27.7 Å². The molecule has 18 heavy (non-hydrogen) atoms. The summed E-state index contributed by atoms with van der Waals surface area (Å²) in [5, 5.41) is 20.0. The second kappa shape index (κ2) is 6.62. The van der Waals surface area contributed by atoms with Crippen LogP contribution >= 0.6 is 15.9 Å². The molecule has 1 aromatic rings. The number of hydrogen-bond acceptors (Lipinski definition) is 7. The SMILES string of the molecule is COC(=O)c1nc(C(O)C(O)CCBr)cnc1N. The Balaban J connectivity index is 3.00. The number of anilines is 1. The number of carbonyl (C=O) groups excluding carboxylic acids is 1. The number of hydrogen-bond donors (Lipinski definition) is 3. The fraction of sp³-hybridized carbons (Fsp3) is 0.500. The molecular weight excluding hydrogens is 306 g/mol.